The third-order valence-corrected chi connectivity index (χ3v) is 3.21. The first kappa shape index (κ1) is 13.9. The van der Waals surface area contributed by atoms with Gasteiger partial charge in [-0.15, -0.1) is 0 Å². The summed E-state index contributed by atoms with van der Waals surface area (Å²) in [6.07, 6.45) is 0. The van der Waals surface area contributed by atoms with Gasteiger partial charge in [-0.1, -0.05) is 6.07 Å². The van der Waals surface area contributed by atoms with Crippen molar-refractivity contribution in [2.24, 2.45) is 0 Å². The Morgan fingerprint density at radius 2 is 1.85 bits per heavy atom. The molecule has 0 radical (unpaired) electrons. The molecule has 2 rings (SSSR count). The third-order valence-electron chi connectivity index (χ3n) is 3.21. The maximum atomic E-state index is 12.1. The van der Waals surface area contributed by atoms with Gasteiger partial charge in [0.2, 0.25) is 0 Å². The first-order valence-electron chi connectivity index (χ1n) is 6.27. The van der Waals surface area contributed by atoms with Crippen molar-refractivity contribution in [1.82, 2.24) is 0 Å². The fraction of sp³-hybridized carbons (Fsp3) is 0.188. The fourth-order valence-corrected chi connectivity index (χ4v) is 1.85. The lowest BCUT2D eigenvalue weighted by atomic mass is 10.1. The zero-order valence-corrected chi connectivity index (χ0v) is 11.7. The molecule has 1 amide bonds. The highest BCUT2D eigenvalue weighted by atomic mass is 16.5. The van der Waals surface area contributed by atoms with Crippen molar-refractivity contribution in [3.8, 4) is 11.5 Å². The first-order valence-corrected chi connectivity index (χ1v) is 6.27. The van der Waals surface area contributed by atoms with E-state index in [1.165, 1.54) is 19.2 Å². The van der Waals surface area contributed by atoms with Crippen LogP contribution in [-0.2, 0) is 0 Å². The summed E-state index contributed by atoms with van der Waals surface area (Å²) in [5, 5.41) is 12.6. The molecule has 4 heteroatoms. The van der Waals surface area contributed by atoms with Crippen LogP contribution in [0.15, 0.2) is 36.4 Å². The molecular formula is C16H17NO3. The number of benzene rings is 2. The van der Waals surface area contributed by atoms with Crippen LogP contribution in [0, 0.1) is 13.8 Å². The molecule has 0 fully saturated rings. The molecule has 0 aromatic heterocycles. The van der Waals surface area contributed by atoms with Crippen LogP contribution in [-0.4, -0.2) is 18.1 Å². The van der Waals surface area contributed by atoms with Gasteiger partial charge in [0.1, 0.15) is 11.5 Å². The summed E-state index contributed by atoms with van der Waals surface area (Å²) in [5.41, 5.74) is 3.18. The van der Waals surface area contributed by atoms with E-state index < -0.39 is 0 Å². The number of phenolic OH excluding ortho intramolecular Hbond substituents is 1. The van der Waals surface area contributed by atoms with E-state index in [4.69, 9.17) is 4.74 Å². The predicted molar refractivity (Wildman–Crippen MR) is 78.5 cm³/mol. The number of aryl methyl sites for hydroxylation is 2. The number of anilines is 1. The number of hydrogen-bond donors (Lipinski definition) is 2. The van der Waals surface area contributed by atoms with Crippen molar-refractivity contribution in [3.63, 3.8) is 0 Å². The topological polar surface area (TPSA) is 58.6 Å². The number of aromatic hydroxyl groups is 1. The smallest absolute Gasteiger partial charge is 0.259 e. The van der Waals surface area contributed by atoms with Gasteiger partial charge < -0.3 is 15.2 Å². The van der Waals surface area contributed by atoms with E-state index in [9.17, 15) is 9.90 Å². The number of ether oxygens (including phenoxy) is 1. The molecule has 104 valence electrons. The Balaban J connectivity index is 2.21. The van der Waals surface area contributed by atoms with Crippen molar-refractivity contribution in [2.75, 3.05) is 12.4 Å². The maximum absolute atomic E-state index is 12.1. The van der Waals surface area contributed by atoms with Crippen LogP contribution in [0.1, 0.15) is 21.5 Å². The van der Waals surface area contributed by atoms with Crippen molar-refractivity contribution >= 4 is 11.6 Å². The molecule has 2 aromatic carbocycles. The highest BCUT2D eigenvalue weighted by molar-refractivity contribution is 6.06. The maximum Gasteiger partial charge on any atom is 0.259 e. The fourth-order valence-electron chi connectivity index (χ4n) is 1.85. The lowest BCUT2D eigenvalue weighted by Gasteiger charge is -2.09. The van der Waals surface area contributed by atoms with Gasteiger partial charge in [0.15, 0.2) is 0 Å². The Hall–Kier alpha value is -2.49. The van der Waals surface area contributed by atoms with Crippen LogP contribution in [0.3, 0.4) is 0 Å². The predicted octanol–water partition coefficient (Wildman–Crippen LogP) is 3.27. The normalized spacial score (nSPS) is 10.2. The second kappa shape index (κ2) is 5.65. The van der Waals surface area contributed by atoms with Gasteiger partial charge in [-0.2, -0.15) is 0 Å². The van der Waals surface area contributed by atoms with Crippen molar-refractivity contribution in [2.45, 2.75) is 13.8 Å². The van der Waals surface area contributed by atoms with Crippen LogP contribution in [0.5, 0.6) is 11.5 Å². The van der Waals surface area contributed by atoms with Crippen LogP contribution in [0.2, 0.25) is 0 Å². The van der Waals surface area contributed by atoms with Crippen LogP contribution in [0.4, 0.5) is 5.69 Å². The number of rotatable bonds is 3. The number of hydrogen-bond acceptors (Lipinski definition) is 3. The summed E-state index contributed by atoms with van der Waals surface area (Å²) in [7, 11) is 1.50. The van der Waals surface area contributed by atoms with Gasteiger partial charge in [0.25, 0.3) is 5.91 Å². The van der Waals surface area contributed by atoms with Gasteiger partial charge in [-0.3, -0.25) is 4.79 Å². The molecule has 0 saturated carbocycles. The molecule has 0 atom stereocenters. The monoisotopic (exact) mass is 271 g/mol. The highest BCUT2D eigenvalue weighted by Gasteiger charge is 2.12. The summed E-state index contributed by atoms with van der Waals surface area (Å²) in [4.78, 5) is 12.1. The lowest BCUT2D eigenvalue weighted by molar-refractivity contribution is 0.102. The number of methoxy groups -OCH3 is 1. The molecule has 0 spiro atoms. The Morgan fingerprint density at radius 3 is 2.45 bits per heavy atom. The Labute approximate surface area is 118 Å². The lowest BCUT2D eigenvalue weighted by Crippen LogP contribution is -2.12. The molecule has 0 unspecified atom stereocenters. The van der Waals surface area contributed by atoms with E-state index in [0.29, 0.717) is 11.4 Å². The molecule has 0 aliphatic carbocycles. The second-order valence-electron chi connectivity index (χ2n) is 4.64. The SMILES string of the molecule is COc1ccc(C(=O)Nc2ccc(C)c(C)c2)c(O)c1. The average Bonchev–Trinajstić information content (AvgIpc) is 2.42. The molecule has 0 bridgehead atoms. The molecule has 4 nitrogen and oxygen atoms in total. The number of nitrogens with one attached hydrogen (secondary N) is 1. The highest BCUT2D eigenvalue weighted by Crippen LogP contribution is 2.24. The van der Waals surface area contributed by atoms with E-state index in [2.05, 4.69) is 5.32 Å². The van der Waals surface area contributed by atoms with Crippen molar-refractivity contribution in [1.29, 1.82) is 0 Å². The Kier molecular flexibility index (Phi) is 3.94. The minimum absolute atomic E-state index is 0.106. The Bertz CT molecular complexity index is 650. The molecule has 0 saturated heterocycles. The van der Waals surface area contributed by atoms with Crippen molar-refractivity contribution in [3.05, 3.63) is 53.1 Å². The minimum atomic E-state index is -0.353. The standard InChI is InChI=1S/C16H17NO3/c1-10-4-5-12(8-11(10)2)17-16(19)14-7-6-13(20-3)9-15(14)18/h4-9,18H,1-3H3,(H,17,19). The van der Waals surface area contributed by atoms with E-state index in [0.717, 1.165) is 11.1 Å². The summed E-state index contributed by atoms with van der Waals surface area (Å²) in [6.45, 7) is 3.99. The zero-order valence-electron chi connectivity index (χ0n) is 11.7. The summed E-state index contributed by atoms with van der Waals surface area (Å²) >= 11 is 0. The van der Waals surface area contributed by atoms with Gasteiger partial charge >= 0.3 is 0 Å². The molecule has 2 aromatic rings. The average molecular weight is 271 g/mol. The van der Waals surface area contributed by atoms with E-state index in [1.54, 1.807) is 6.07 Å². The Morgan fingerprint density at radius 1 is 1.10 bits per heavy atom. The molecule has 0 aliphatic heterocycles. The first-order chi connectivity index (χ1) is 9.51. The summed E-state index contributed by atoms with van der Waals surface area (Å²) in [5.74, 6) is 0.0457. The largest absolute Gasteiger partial charge is 0.507 e. The number of carbonyl (C=O) groups is 1. The van der Waals surface area contributed by atoms with E-state index in [1.807, 2.05) is 32.0 Å². The van der Waals surface area contributed by atoms with Gasteiger partial charge in [0.05, 0.1) is 12.7 Å². The second-order valence-corrected chi connectivity index (χ2v) is 4.64. The van der Waals surface area contributed by atoms with Crippen LogP contribution in [0.25, 0.3) is 0 Å². The number of carbonyl (C=O) groups excluding carboxylic acids is 1. The van der Waals surface area contributed by atoms with E-state index >= 15 is 0 Å². The number of amides is 1. The summed E-state index contributed by atoms with van der Waals surface area (Å²) < 4.78 is 4.99. The van der Waals surface area contributed by atoms with Gasteiger partial charge in [0, 0.05) is 11.8 Å². The van der Waals surface area contributed by atoms with Crippen LogP contribution < -0.4 is 10.1 Å². The van der Waals surface area contributed by atoms with Gasteiger partial charge in [-0.05, 0) is 49.2 Å². The van der Waals surface area contributed by atoms with Crippen LogP contribution >= 0.6 is 0 Å². The zero-order chi connectivity index (χ0) is 14.7. The molecule has 0 heterocycles. The minimum Gasteiger partial charge on any atom is -0.507 e. The molecule has 20 heavy (non-hydrogen) atoms. The van der Waals surface area contributed by atoms with Gasteiger partial charge in [-0.25, -0.2) is 0 Å². The number of phenols is 1. The molecular weight excluding hydrogens is 254 g/mol. The quantitative estimate of drug-likeness (QED) is 0.900. The summed E-state index contributed by atoms with van der Waals surface area (Å²) in [6, 6.07) is 10.3. The van der Waals surface area contributed by atoms with E-state index in [-0.39, 0.29) is 17.2 Å². The third kappa shape index (κ3) is 2.91. The molecule has 0 aliphatic rings. The van der Waals surface area contributed by atoms with Crippen molar-refractivity contribution < 1.29 is 14.6 Å². The molecule has 2 N–H and O–H groups in total.